The summed E-state index contributed by atoms with van der Waals surface area (Å²) in [6.45, 7) is 8.63. The van der Waals surface area contributed by atoms with Gasteiger partial charge in [-0.3, -0.25) is 9.69 Å². The van der Waals surface area contributed by atoms with Crippen LogP contribution in [0.2, 0.25) is 0 Å². The van der Waals surface area contributed by atoms with Gasteiger partial charge in [0.25, 0.3) is 0 Å². The van der Waals surface area contributed by atoms with Gasteiger partial charge in [0.05, 0.1) is 6.54 Å². The first-order chi connectivity index (χ1) is 5.70. The molecule has 0 aromatic rings. The van der Waals surface area contributed by atoms with Gasteiger partial charge in [0.15, 0.2) is 0 Å². The zero-order chi connectivity index (χ0) is 8.97. The number of Topliss-reactive ketones (excluding diaryl/α,β-unsaturated/α-hetero) is 1. The number of hydrogen-bond acceptors (Lipinski definition) is 3. The third-order valence-electron chi connectivity index (χ3n) is 2.23. The monoisotopic (exact) mass is 170 g/mol. The Morgan fingerprint density at radius 2 is 2.00 bits per heavy atom. The Labute approximate surface area is 74.1 Å². The van der Waals surface area contributed by atoms with Gasteiger partial charge in [-0.2, -0.15) is 0 Å². The molecule has 1 N–H and O–H groups in total. The number of carbonyl (C=O) groups is 1. The minimum Gasteiger partial charge on any atom is -0.314 e. The molecule has 70 valence electrons. The highest BCUT2D eigenvalue weighted by atomic mass is 16.1. The molecule has 3 nitrogen and oxygen atoms in total. The van der Waals surface area contributed by atoms with Gasteiger partial charge in [-0.05, 0) is 0 Å². The fraction of sp³-hybridized carbons (Fsp3) is 0.889. The second kappa shape index (κ2) is 4.58. The van der Waals surface area contributed by atoms with Crippen LogP contribution < -0.4 is 5.32 Å². The van der Waals surface area contributed by atoms with Crippen molar-refractivity contribution in [3.05, 3.63) is 0 Å². The van der Waals surface area contributed by atoms with Gasteiger partial charge in [-0.1, -0.05) is 13.8 Å². The third kappa shape index (κ3) is 2.91. The number of hydrogen-bond donors (Lipinski definition) is 1. The van der Waals surface area contributed by atoms with Crippen LogP contribution in [0, 0.1) is 5.92 Å². The number of carbonyl (C=O) groups excluding carboxylic acids is 1. The molecule has 0 aromatic heterocycles. The highest BCUT2D eigenvalue weighted by Crippen LogP contribution is 1.98. The SMILES string of the molecule is CC(C)C(=O)CN1CCNCC1. The molecule has 0 saturated carbocycles. The first-order valence-corrected chi connectivity index (χ1v) is 4.66. The lowest BCUT2D eigenvalue weighted by Gasteiger charge is -2.26. The van der Waals surface area contributed by atoms with E-state index in [1.165, 1.54) is 0 Å². The summed E-state index contributed by atoms with van der Waals surface area (Å²) >= 11 is 0. The number of piperazine rings is 1. The van der Waals surface area contributed by atoms with Gasteiger partial charge < -0.3 is 5.32 Å². The summed E-state index contributed by atoms with van der Waals surface area (Å²) in [5.74, 6) is 0.539. The van der Waals surface area contributed by atoms with Crippen molar-refractivity contribution in [1.29, 1.82) is 0 Å². The smallest absolute Gasteiger partial charge is 0.149 e. The number of ketones is 1. The molecule has 1 aliphatic rings. The fourth-order valence-electron chi connectivity index (χ4n) is 1.27. The van der Waals surface area contributed by atoms with E-state index >= 15 is 0 Å². The molecule has 12 heavy (non-hydrogen) atoms. The Bertz CT molecular complexity index is 151. The fourth-order valence-corrected chi connectivity index (χ4v) is 1.27. The van der Waals surface area contributed by atoms with Gasteiger partial charge in [0, 0.05) is 32.1 Å². The molecule has 1 heterocycles. The van der Waals surface area contributed by atoms with Crippen molar-refractivity contribution in [3.63, 3.8) is 0 Å². The summed E-state index contributed by atoms with van der Waals surface area (Å²) in [4.78, 5) is 13.6. The molecule has 1 saturated heterocycles. The van der Waals surface area contributed by atoms with Crippen LogP contribution in [0.3, 0.4) is 0 Å². The van der Waals surface area contributed by atoms with Crippen molar-refractivity contribution in [2.24, 2.45) is 5.92 Å². The summed E-state index contributed by atoms with van der Waals surface area (Å²) < 4.78 is 0. The molecule has 0 amide bonds. The molecule has 0 radical (unpaired) electrons. The summed E-state index contributed by atoms with van der Waals surface area (Å²) in [5, 5.41) is 3.26. The summed E-state index contributed by atoms with van der Waals surface area (Å²) in [6, 6.07) is 0. The lowest BCUT2D eigenvalue weighted by Crippen LogP contribution is -2.46. The molecule has 0 bridgehead atoms. The lowest BCUT2D eigenvalue weighted by molar-refractivity contribution is -0.123. The molecule has 0 aromatic carbocycles. The van der Waals surface area contributed by atoms with Crippen molar-refractivity contribution in [1.82, 2.24) is 10.2 Å². The highest BCUT2D eigenvalue weighted by molar-refractivity contribution is 5.82. The topological polar surface area (TPSA) is 32.3 Å². The maximum Gasteiger partial charge on any atom is 0.149 e. The largest absolute Gasteiger partial charge is 0.314 e. The highest BCUT2D eigenvalue weighted by Gasteiger charge is 2.14. The third-order valence-corrected chi connectivity index (χ3v) is 2.23. The van der Waals surface area contributed by atoms with E-state index in [1.54, 1.807) is 0 Å². The van der Waals surface area contributed by atoms with E-state index in [0.717, 1.165) is 26.2 Å². The Morgan fingerprint density at radius 3 is 2.50 bits per heavy atom. The van der Waals surface area contributed by atoms with Crippen LogP contribution in [0.4, 0.5) is 0 Å². The molecule has 0 spiro atoms. The van der Waals surface area contributed by atoms with Crippen LogP contribution in [-0.2, 0) is 4.79 Å². The van der Waals surface area contributed by atoms with Crippen molar-refractivity contribution in [3.8, 4) is 0 Å². The Balaban J connectivity index is 2.24. The molecule has 0 unspecified atom stereocenters. The maximum absolute atomic E-state index is 11.3. The van der Waals surface area contributed by atoms with E-state index in [-0.39, 0.29) is 5.92 Å². The number of nitrogens with one attached hydrogen (secondary N) is 1. The van der Waals surface area contributed by atoms with Crippen LogP contribution >= 0.6 is 0 Å². The minimum atomic E-state index is 0.180. The average Bonchev–Trinajstić information content (AvgIpc) is 2.06. The zero-order valence-electron chi connectivity index (χ0n) is 7.97. The van der Waals surface area contributed by atoms with E-state index < -0.39 is 0 Å². The minimum absolute atomic E-state index is 0.180. The molecule has 1 rings (SSSR count). The number of nitrogens with zero attached hydrogens (tertiary/aromatic N) is 1. The van der Waals surface area contributed by atoms with E-state index in [0.29, 0.717) is 12.3 Å². The maximum atomic E-state index is 11.3. The lowest BCUT2D eigenvalue weighted by atomic mass is 10.1. The zero-order valence-corrected chi connectivity index (χ0v) is 7.97. The predicted molar refractivity (Wildman–Crippen MR) is 49.2 cm³/mol. The van der Waals surface area contributed by atoms with Crippen LogP contribution in [-0.4, -0.2) is 43.4 Å². The average molecular weight is 170 g/mol. The summed E-state index contributed by atoms with van der Waals surface area (Å²) in [5.41, 5.74) is 0. The standard InChI is InChI=1S/C9H18N2O/c1-8(2)9(12)7-11-5-3-10-4-6-11/h8,10H,3-7H2,1-2H3. The normalized spacial score (nSPS) is 19.9. The van der Waals surface area contributed by atoms with Gasteiger partial charge in [-0.15, -0.1) is 0 Å². The number of rotatable bonds is 3. The molecule has 0 atom stereocenters. The summed E-state index contributed by atoms with van der Waals surface area (Å²) in [7, 11) is 0. The van der Waals surface area contributed by atoms with Crippen molar-refractivity contribution in [2.75, 3.05) is 32.7 Å². The van der Waals surface area contributed by atoms with Gasteiger partial charge >= 0.3 is 0 Å². The van der Waals surface area contributed by atoms with Gasteiger partial charge in [0.1, 0.15) is 5.78 Å². The molecular weight excluding hydrogens is 152 g/mol. The van der Waals surface area contributed by atoms with E-state index in [9.17, 15) is 4.79 Å². The predicted octanol–water partition coefficient (Wildman–Crippen LogP) is 0.117. The second-order valence-electron chi connectivity index (χ2n) is 3.65. The van der Waals surface area contributed by atoms with E-state index in [4.69, 9.17) is 0 Å². The van der Waals surface area contributed by atoms with Crippen LogP contribution in [0.25, 0.3) is 0 Å². The molecule has 1 fully saturated rings. The summed E-state index contributed by atoms with van der Waals surface area (Å²) in [6.07, 6.45) is 0. The van der Waals surface area contributed by atoms with Crippen molar-refractivity contribution >= 4 is 5.78 Å². The Morgan fingerprint density at radius 1 is 1.42 bits per heavy atom. The van der Waals surface area contributed by atoms with E-state index in [2.05, 4.69) is 10.2 Å². The van der Waals surface area contributed by atoms with Crippen molar-refractivity contribution < 1.29 is 4.79 Å². The Kier molecular flexibility index (Phi) is 3.69. The Hall–Kier alpha value is -0.410. The molecule has 0 aliphatic carbocycles. The molecular formula is C9H18N2O. The first kappa shape index (κ1) is 9.68. The van der Waals surface area contributed by atoms with Crippen LogP contribution in [0.1, 0.15) is 13.8 Å². The van der Waals surface area contributed by atoms with Crippen molar-refractivity contribution in [2.45, 2.75) is 13.8 Å². The van der Waals surface area contributed by atoms with E-state index in [1.807, 2.05) is 13.8 Å². The van der Waals surface area contributed by atoms with Gasteiger partial charge in [-0.25, -0.2) is 0 Å². The van der Waals surface area contributed by atoms with Crippen LogP contribution in [0.15, 0.2) is 0 Å². The quantitative estimate of drug-likeness (QED) is 0.653. The van der Waals surface area contributed by atoms with Crippen LogP contribution in [0.5, 0.6) is 0 Å². The second-order valence-corrected chi connectivity index (χ2v) is 3.65. The molecule has 1 aliphatic heterocycles. The first-order valence-electron chi connectivity index (χ1n) is 4.66. The molecule has 3 heteroatoms. The van der Waals surface area contributed by atoms with Gasteiger partial charge in [0.2, 0.25) is 0 Å².